The zero-order valence-electron chi connectivity index (χ0n) is 11.7. The van der Waals surface area contributed by atoms with Crippen molar-refractivity contribution in [2.45, 2.75) is 50.7 Å². The molecule has 2 fully saturated rings. The molecule has 0 aromatic heterocycles. The Morgan fingerprint density at radius 1 is 1.10 bits per heavy atom. The van der Waals surface area contributed by atoms with Gasteiger partial charge in [-0.3, -0.25) is 0 Å². The van der Waals surface area contributed by atoms with Crippen LogP contribution in [-0.2, 0) is 0 Å². The van der Waals surface area contributed by atoms with E-state index in [0.717, 1.165) is 29.5 Å². The van der Waals surface area contributed by atoms with E-state index in [1.165, 1.54) is 32.2 Å². The molecule has 1 aromatic rings. The lowest BCUT2D eigenvalue weighted by Crippen LogP contribution is -2.37. The van der Waals surface area contributed by atoms with Gasteiger partial charge in [0.05, 0.1) is 6.10 Å². The van der Waals surface area contributed by atoms with Crippen LogP contribution < -0.4 is 10.1 Å². The number of ether oxygens (including phenoxy) is 1. The summed E-state index contributed by atoms with van der Waals surface area (Å²) in [4.78, 5) is 0. The van der Waals surface area contributed by atoms with Gasteiger partial charge in [0.25, 0.3) is 0 Å². The van der Waals surface area contributed by atoms with Gasteiger partial charge in [-0.1, -0.05) is 17.7 Å². The molecule has 0 spiro atoms. The van der Waals surface area contributed by atoms with Crippen LogP contribution in [-0.4, -0.2) is 18.7 Å². The average molecular weight is 316 g/mol. The third-order valence-electron chi connectivity index (χ3n) is 4.17. The Labute approximate surface area is 132 Å². The van der Waals surface area contributed by atoms with Crippen molar-refractivity contribution in [1.29, 1.82) is 0 Å². The van der Waals surface area contributed by atoms with Crippen molar-refractivity contribution in [2.75, 3.05) is 6.54 Å². The highest BCUT2D eigenvalue weighted by Gasteiger charge is 2.25. The van der Waals surface area contributed by atoms with E-state index in [9.17, 15) is 0 Å². The van der Waals surface area contributed by atoms with Crippen molar-refractivity contribution in [3.8, 4) is 5.75 Å². The first-order chi connectivity index (χ1) is 9.29. The van der Waals surface area contributed by atoms with Crippen molar-refractivity contribution in [2.24, 2.45) is 5.92 Å². The van der Waals surface area contributed by atoms with Gasteiger partial charge in [0, 0.05) is 11.1 Å². The maximum Gasteiger partial charge on any atom is 0.121 e. The largest absolute Gasteiger partial charge is 0.490 e. The van der Waals surface area contributed by atoms with Gasteiger partial charge in [0.1, 0.15) is 5.75 Å². The molecule has 2 nitrogen and oxygen atoms in total. The van der Waals surface area contributed by atoms with Gasteiger partial charge >= 0.3 is 0 Å². The van der Waals surface area contributed by atoms with Crippen LogP contribution in [0, 0.1) is 5.92 Å². The predicted molar refractivity (Wildman–Crippen MR) is 86.1 cm³/mol. The van der Waals surface area contributed by atoms with Crippen molar-refractivity contribution >= 4 is 24.0 Å². The zero-order valence-corrected chi connectivity index (χ0v) is 13.3. The summed E-state index contributed by atoms with van der Waals surface area (Å²) in [6.07, 6.45) is 7.98. The monoisotopic (exact) mass is 315 g/mol. The van der Waals surface area contributed by atoms with E-state index in [1.54, 1.807) is 0 Å². The first kappa shape index (κ1) is 15.9. The summed E-state index contributed by atoms with van der Waals surface area (Å²) in [6, 6.07) is 8.43. The molecule has 1 N–H and O–H groups in total. The lowest BCUT2D eigenvalue weighted by atomic mass is 9.93. The summed E-state index contributed by atoms with van der Waals surface area (Å²) in [6.45, 7) is 1.23. The van der Waals surface area contributed by atoms with Gasteiger partial charge in [0.15, 0.2) is 0 Å². The Balaban J connectivity index is 0.00000147. The predicted octanol–water partition coefficient (Wildman–Crippen LogP) is 4.45. The molecule has 112 valence electrons. The molecule has 0 aliphatic heterocycles. The molecular formula is C16H23Cl2NO. The van der Waals surface area contributed by atoms with E-state index in [1.807, 2.05) is 24.3 Å². The first-order valence-electron chi connectivity index (χ1n) is 7.45. The van der Waals surface area contributed by atoms with Crippen LogP contribution in [0.25, 0.3) is 0 Å². The number of rotatable bonds is 5. The highest BCUT2D eigenvalue weighted by Crippen LogP contribution is 2.29. The van der Waals surface area contributed by atoms with Gasteiger partial charge in [-0.15, -0.1) is 12.4 Å². The Kier molecular flexibility index (Phi) is 6.01. The quantitative estimate of drug-likeness (QED) is 0.866. The topological polar surface area (TPSA) is 21.3 Å². The molecule has 0 atom stereocenters. The van der Waals surface area contributed by atoms with Crippen LogP contribution in [0.5, 0.6) is 5.75 Å². The Hall–Kier alpha value is -0.440. The molecule has 1 aromatic carbocycles. The standard InChI is InChI=1S/C16H22ClNO.ClH/c17-13-2-1-3-16(10-13)19-15-8-6-14(7-9-15)18-11-12-4-5-12;/h1-3,10,12,14-15,18H,4-9,11H2;1H. The Morgan fingerprint density at radius 3 is 2.50 bits per heavy atom. The van der Waals surface area contributed by atoms with Gasteiger partial charge < -0.3 is 10.1 Å². The van der Waals surface area contributed by atoms with E-state index in [0.29, 0.717) is 12.1 Å². The second-order valence-electron chi connectivity index (χ2n) is 5.90. The zero-order chi connectivity index (χ0) is 13.1. The smallest absolute Gasteiger partial charge is 0.121 e. The molecule has 20 heavy (non-hydrogen) atoms. The fraction of sp³-hybridized carbons (Fsp3) is 0.625. The fourth-order valence-corrected chi connectivity index (χ4v) is 2.95. The molecule has 0 amide bonds. The van der Waals surface area contributed by atoms with E-state index in [-0.39, 0.29) is 12.4 Å². The normalized spacial score (nSPS) is 25.9. The minimum atomic E-state index is 0. The van der Waals surface area contributed by atoms with Gasteiger partial charge in [0.2, 0.25) is 0 Å². The average Bonchev–Trinajstić information content (AvgIpc) is 3.22. The minimum Gasteiger partial charge on any atom is -0.490 e. The molecule has 2 saturated carbocycles. The number of halogens is 2. The maximum absolute atomic E-state index is 6.01. The van der Waals surface area contributed by atoms with Crippen molar-refractivity contribution in [1.82, 2.24) is 5.32 Å². The first-order valence-corrected chi connectivity index (χ1v) is 7.83. The minimum absolute atomic E-state index is 0. The summed E-state index contributed by atoms with van der Waals surface area (Å²) >= 11 is 5.97. The van der Waals surface area contributed by atoms with E-state index in [2.05, 4.69) is 5.32 Å². The molecule has 0 radical (unpaired) electrons. The third-order valence-corrected chi connectivity index (χ3v) is 4.40. The molecular weight excluding hydrogens is 293 g/mol. The SMILES string of the molecule is Cl.Clc1cccc(OC2CCC(NCC3CC3)CC2)c1. The van der Waals surface area contributed by atoms with Crippen LogP contribution >= 0.6 is 24.0 Å². The van der Waals surface area contributed by atoms with Gasteiger partial charge in [-0.25, -0.2) is 0 Å². The van der Waals surface area contributed by atoms with E-state index >= 15 is 0 Å². The molecule has 4 heteroatoms. The third kappa shape index (κ3) is 4.83. The lowest BCUT2D eigenvalue weighted by Gasteiger charge is -2.29. The summed E-state index contributed by atoms with van der Waals surface area (Å²) < 4.78 is 6.01. The molecule has 0 saturated heterocycles. The second-order valence-corrected chi connectivity index (χ2v) is 6.34. The molecule has 0 bridgehead atoms. The van der Waals surface area contributed by atoms with Crippen LogP contribution in [0.3, 0.4) is 0 Å². The lowest BCUT2D eigenvalue weighted by molar-refractivity contribution is 0.139. The van der Waals surface area contributed by atoms with Crippen molar-refractivity contribution < 1.29 is 4.74 Å². The van der Waals surface area contributed by atoms with Crippen molar-refractivity contribution in [3.63, 3.8) is 0 Å². The number of hydrogen-bond acceptors (Lipinski definition) is 2. The molecule has 3 rings (SSSR count). The van der Waals surface area contributed by atoms with E-state index in [4.69, 9.17) is 16.3 Å². The van der Waals surface area contributed by atoms with E-state index < -0.39 is 0 Å². The Morgan fingerprint density at radius 2 is 1.85 bits per heavy atom. The van der Waals surface area contributed by atoms with Crippen LogP contribution in [0.4, 0.5) is 0 Å². The van der Waals surface area contributed by atoms with Gasteiger partial charge in [-0.2, -0.15) is 0 Å². The van der Waals surface area contributed by atoms with Crippen LogP contribution in [0.15, 0.2) is 24.3 Å². The van der Waals surface area contributed by atoms with Gasteiger partial charge in [-0.05, 0) is 69.2 Å². The fourth-order valence-electron chi connectivity index (χ4n) is 2.77. The summed E-state index contributed by atoms with van der Waals surface area (Å²) in [7, 11) is 0. The van der Waals surface area contributed by atoms with Crippen molar-refractivity contribution in [3.05, 3.63) is 29.3 Å². The van der Waals surface area contributed by atoms with Crippen LogP contribution in [0.1, 0.15) is 38.5 Å². The summed E-state index contributed by atoms with van der Waals surface area (Å²) in [5.41, 5.74) is 0. The summed E-state index contributed by atoms with van der Waals surface area (Å²) in [5.74, 6) is 1.88. The molecule has 2 aliphatic rings. The number of nitrogens with one attached hydrogen (secondary N) is 1. The maximum atomic E-state index is 6.01. The highest BCUT2D eigenvalue weighted by molar-refractivity contribution is 6.30. The second kappa shape index (κ2) is 7.53. The van der Waals surface area contributed by atoms with Crippen LogP contribution in [0.2, 0.25) is 5.02 Å². The summed E-state index contributed by atoms with van der Waals surface area (Å²) in [5, 5.41) is 4.45. The molecule has 0 heterocycles. The Bertz CT molecular complexity index is 415. The number of benzene rings is 1. The highest BCUT2D eigenvalue weighted by atomic mass is 35.5. The molecule has 0 unspecified atom stereocenters. The molecule has 2 aliphatic carbocycles. The number of hydrogen-bond donors (Lipinski definition) is 1.